The van der Waals surface area contributed by atoms with E-state index in [0.29, 0.717) is 13.0 Å². The molecule has 7 amide bonds. The lowest BCUT2D eigenvalue weighted by atomic mass is 10.2. The van der Waals surface area contributed by atoms with Gasteiger partial charge in [-0.15, -0.1) is 0 Å². The number of rotatable bonds is 14. The second-order valence-electron chi connectivity index (χ2n) is 8.01. The minimum Gasteiger partial charge on any atom is -0.356 e. The normalized spacial score (nSPS) is 15.1. The van der Waals surface area contributed by atoms with E-state index in [9.17, 15) is 33.6 Å². The third-order valence-corrected chi connectivity index (χ3v) is 4.99. The first-order valence-electron chi connectivity index (χ1n) is 11.4. The number of amides is 7. The van der Waals surface area contributed by atoms with Crippen LogP contribution in [-0.4, -0.2) is 84.0 Å². The number of carbonyl (C=O) groups is 7. The summed E-state index contributed by atoms with van der Waals surface area (Å²) in [5, 5.41) is 12.7. The zero-order valence-electron chi connectivity index (χ0n) is 20.4. The molecule has 13 heteroatoms. The minimum absolute atomic E-state index is 0.0229. The van der Waals surface area contributed by atoms with Gasteiger partial charge in [0.2, 0.25) is 29.5 Å². The fourth-order valence-electron chi connectivity index (χ4n) is 2.94. The quantitative estimate of drug-likeness (QED) is 0.135. The summed E-state index contributed by atoms with van der Waals surface area (Å²) in [5.74, 6) is -3.14. The molecule has 1 heterocycles. The van der Waals surface area contributed by atoms with E-state index in [1.807, 2.05) is 0 Å². The van der Waals surface area contributed by atoms with Crippen LogP contribution in [0.3, 0.4) is 0 Å². The molecule has 5 N–H and O–H groups in total. The lowest BCUT2D eigenvalue weighted by molar-refractivity contribution is -0.137. The first-order chi connectivity index (χ1) is 16.5. The van der Waals surface area contributed by atoms with E-state index in [2.05, 4.69) is 26.6 Å². The number of hydrogen-bond donors (Lipinski definition) is 5. The van der Waals surface area contributed by atoms with E-state index in [4.69, 9.17) is 0 Å². The summed E-state index contributed by atoms with van der Waals surface area (Å²) in [6.07, 6.45) is 2.60. The summed E-state index contributed by atoms with van der Waals surface area (Å²) >= 11 is 0. The second-order valence-corrected chi connectivity index (χ2v) is 8.01. The summed E-state index contributed by atoms with van der Waals surface area (Å²) in [4.78, 5) is 83.8. The van der Waals surface area contributed by atoms with Crippen LogP contribution in [0.1, 0.15) is 47.0 Å². The van der Waals surface area contributed by atoms with Crippen molar-refractivity contribution in [1.82, 2.24) is 31.5 Å². The second kappa shape index (κ2) is 14.5. The number of hydrogen-bond acceptors (Lipinski definition) is 7. The van der Waals surface area contributed by atoms with Crippen molar-refractivity contribution in [1.29, 1.82) is 0 Å². The molecule has 1 aliphatic heterocycles. The predicted octanol–water partition coefficient (Wildman–Crippen LogP) is -2.15. The zero-order valence-corrected chi connectivity index (χ0v) is 20.4. The summed E-state index contributed by atoms with van der Waals surface area (Å²) in [6.45, 7) is 6.81. The molecule has 0 aromatic heterocycles. The molecular weight excluding hydrogens is 460 g/mol. The number of carbonyl (C=O) groups excluding carboxylic acids is 7. The van der Waals surface area contributed by atoms with E-state index in [1.165, 1.54) is 20.8 Å². The monoisotopic (exact) mass is 494 g/mol. The van der Waals surface area contributed by atoms with Gasteiger partial charge in [-0.1, -0.05) is 0 Å². The van der Waals surface area contributed by atoms with Crippen LogP contribution in [0.2, 0.25) is 0 Å². The van der Waals surface area contributed by atoms with E-state index in [-0.39, 0.29) is 37.7 Å². The van der Waals surface area contributed by atoms with Crippen LogP contribution in [0.15, 0.2) is 12.2 Å². The Morgan fingerprint density at radius 2 is 1.26 bits per heavy atom. The van der Waals surface area contributed by atoms with E-state index in [1.54, 1.807) is 6.92 Å². The molecular formula is C22H34N6O7. The van der Waals surface area contributed by atoms with Crippen LogP contribution in [0.25, 0.3) is 0 Å². The van der Waals surface area contributed by atoms with Crippen molar-refractivity contribution in [3.63, 3.8) is 0 Å². The van der Waals surface area contributed by atoms with Crippen LogP contribution in [0, 0.1) is 0 Å². The Kier molecular flexibility index (Phi) is 12.1. The first kappa shape index (κ1) is 29.3. The zero-order chi connectivity index (χ0) is 26.5. The van der Waals surface area contributed by atoms with Crippen molar-refractivity contribution in [2.45, 2.75) is 65.1 Å². The topological polar surface area (TPSA) is 183 Å². The molecule has 194 valence electrons. The average molecular weight is 495 g/mol. The van der Waals surface area contributed by atoms with Crippen LogP contribution in [-0.2, 0) is 33.6 Å². The molecule has 0 aromatic carbocycles. The Balaban J connectivity index is 2.25. The lowest BCUT2D eigenvalue weighted by Gasteiger charge is -2.20. The Labute approximate surface area is 203 Å². The van der Waals surface area contributed by atoms with Crippen molar-refractivity contribution in [3.8, 4) is 0 Å². The van der Waals surface area contributed by atoms with E-state index in [0.717, 1.165) is 17.1 Å². The Hall–Kier alpha value is -3.77. The van der Waals surface area contributed by atoms with Gasteiger partial charge in [0.05, 0.1) is 0 Å². The standard InChI is InChI=1S/C22H34N6O7/c1-5-23-20(33)13(2)26-22(35)15(4)27-21(34)14(3)25-17(30)7-6-11-24-16(29)10-12-28-18(31)8-9-19(28)32/h8-9,13-15H,5-7,10-12H2,1-4H3,(H,23,33)(H,24,29)(H,25,30)(H,26,35)(H,27,34). The van der Waals surface area contributed by atoms with Gasteiger partial charge in [0.1, 0.15) is 18.1 Å². The van der Waals surface area contributed by atoms with Crippen molar-refractivity contribution in [2.24, 2.45) is 0 Å². The van der Waals surface area contributed by atoms with Gasteiger partial charge < -0.3 is 26.6 Å². The maximum Gasteiger partial charge on any atom is 0.253 e. The summed E-state index contributed by atoms with van der Waals surface area (Å²) in [6, 6.07) is -2.59. The van der Waals surface area contributed by atoms with Gasteiger partial charge in [-0.25, -0.2) is 0 Å². The molecule has 0 spiro atoms. The molecule has 35 heavy (non-hydrogen) atoms. The van der Waals surface area contributed by atoms with Crippen LogP contribution in [0.4, 0.5) is 0 Å². The van der Waals surface area contributed by atoms with Gasteiger partial charge in [0.25, 0.3) is 11.8 Å². The van der Waals surface area contributed by atoms with Gasteiger partial charge in [-0.05, 0) is 34.1 Å². The van der Waals surface area contributed by atoms with Gasteiger partial charge in [-0.2, -0.15) is 0 Å². The SMILES string of the molecule is CCNC(=O)C(C)NC(=O)C(C)NC(=O)C(C)NC(=O)CCCNC(=O)CCN1C(=O)C=CC1=O. The number of nitrogens with zero attached hydrogens (tertiary/aromatic N) is 1. The fraction of sp³-hybridized carbons (Fsp3) is 0.591. The summed E-state index contributed by atoms with van der Waals surface area (Å²) in [7, 11) is 0. The fourth-order valence-corrected chi connectivity index (χ4v) is 2.94. The van der Waals surface area contributed by atoms with Crippen molar-refractivity contribution in [2.75, 3.05) is 19.6 Å². The number of nitrogens with one attached hydrogen (secondary N) is 5. The predicted molar refractivity (Wildman–Crippen MR) is 124 cm³/mol. The Morgan fingerprint density at radius 3 is 1.80 bits per heavy atom. The van der Waals surface area contributed by atoms with Crippen LogP contribution >= 0.6 is 0 Å². The molecule has 1 rings (SSSR count). The minimum atomic E-state index is -0.920. The highest BCUT2D eigenvalue weighted by Gasteiger charge is 2.24. The lowest BCUT2D eigenvalue weighted by Crippen LogP contribution is -2.54. The largest absolute Gasteiger partial charge is 0.356 e. The van der Waals surface area contributed by atoms with Gasteiger partial charge >= 0.3 is 0 Å². The van der Waals surface area contributed by atoms with Gasteiger partial charge in [0.15, 0.2) is 0 Å². The van der Waals surface area contributed by atoms with Crippen LogP contribution in [0.5, 0.6) is 0 Å². The Morgan fingerprint density at radius 1 is 0.743 bits per heavy atom. The third kappa shape index (κ3) is 10.4. The summed E-state index contributed by atoms with van der Waals surface area (Å²) in [5.41, 5.74) is 0. The van der Waals surface area contributed by atoms with E-state index >= 15 is 0 Å². The molecule has 0 saturated heterocycles. The number of likely N-dealkylation sites (N-methyl/N-ethyl adjacent to an activating group) is 1. The average Bonchev–Trinajstić information content (AvgIpc) is 3.12. The maximum absolute atomic E-state index is 12.3. The van der Waals surface area contributed by atoms with Crippen molar-refractivity contribution in [3.05, 3.63) is 12.2 Å². The Bertz CT molecular complexity index is 854. The molecule has 3 atom stereocenters. The van der Waals surface area contributed by atoms with Crippen LogP contribution < -0.4 is 26.6 Å². The maximum atomic E-state index is 12.3. The molecule has 0 aromatic rings. The molecule has 3 unspecified atom stereocenters. The molecule has 0 bridgehead atoms. The van der Waals surface area contributed by atoms with Gasteiger partial charge in [-0.3, -0.25) is 38.5 Å². The molecule has 0 saturated carbocycles. The van der Waals surface area contributed by atoms with Crippen molar-refractivity contribution < 1.29 is 33.6 Å². The molecule has 13 nitrogen and oxygen atoms in total. The highest BCUT2D eigenvalue weighted by atomic mass is 16.2. The van der Waals surface area contributed by atoms with E-state index < -0.39 is 47.7 Å². The van der Waals surface area contributed by atoms with Gasteiger partial charge in [0, 0.05) is 44.6 Å². The smallest absolute Gasteiger partial charge is 0.253 e. The molecule has 0 fully saturated rings. The molecule has 0 aliphatic carbocycles. The molecule has 0 radical (unpaired) electrons. The molecule has 1 aliphatic rings. The highest BCUT2D eigenvalue weighted by Crippen LogP contribution is 2.04. The third-order valence-electron chi connectivity index (χ3n) is 4.99. The summed E-state index contributed by atoms with van der Waals surface area (Å²) < 4.78 is 0. The first-order valence-corrected chi connectivity index (χ1v) is 11.4. The highest BCUT2D eigenvalue weighted by molar-refractivity contribution is 6.13. The number of imide groups is 1. The van der Waals surface area contributed by atoms with Crippen molar-refractivity contribution >= 4 is 41.4 Å².